The van der Waals surface area contributed by atoms with Crippen LogP contribution in [-0.2, 0) is 14.3 Å². The van der Waals surface area contributed by atoms with Crippen molar-refractivity contribution in [3.63, 3.8) is 0 Å². The average molecular weight is 358 g/mol. The summed E-state index contributed by atoms with van der Waals surface area (Å²) in [7, 11) is 0. The van der Waals surface area contributed by atoms with Crippen molar-refractivity contribution in [1.82, 2.24) is 0 Å². The van der Waals surface area contributed by atoms with E-state index in [1.807, 2.05) is 0 Å². The number of hydrogen-bond acceptors (Lipinski definition) is 3. The second-order valence-corrected chi connectivity index (χ2v) is 5.96. The molecule has 1 saturated heterocycles. The lowest BCUT2D eigenvalue weighted by atomic mass is 9.90. The van der Waals surface area contributed by atoms with Crippen LogP contribution in [0.4, 0.5) is 13.2 Å². The van der Waals surface area contributed by atoms with E-state index < -0.39 is 24.5 Å². The van der Waals surface area contributed by atoms with Crippen LogP contribution in [0.2, 0.25) is 0 Å². The molecule has 0 saturated carbocycles. The Hall–Kier alpha value is -1.86. The van der Waals surface area contributed by atoms with Gasteiger partial charge in [0.1, 0.15) is 0 Å². The van der Waals surface area contributed by atoms with Gasteiger partial charge >= 0.3 is 12.1 Å². The van der Waals surface area contributed by atoms with Gasteiger partial charge in [-0.15, -0.1) is 0 Å². The van der Waals surface area contributed by atoms with Crippen LogP contribution in [0.1, 0.15) is 37.4 Å². The Bertz CT molecular complexity index is 571. The maximum Gasteiger partial charge on any atom is 0.440 e. The van der Waals surface area contributed by atoms with E-state index in [1.54, 1.807) is 36.4 Å². The first-order valence-corrected chi connectivity index (χ1v) is 8.16. The highest BCUT2D eigenvalue weighted by molar-refractivity contribution is 5.79. The van der Waals surface area contributed by atoms with Crippen LogP contribution in [0.5, 0.6) is 0 Å². The second-order valence-electron chi connectivity index (χ2n) is 5.96. The van der Waals surface area contributed by atoms with Crippen LogP contribution in [-0.4, -0.2) is 30.1 Å². The average Bonchev–Trinajstić information content (AvgIpc) is 2.57. The number of rotatable bonds is 7. The summed E-state index contributed by atoms with van der Waals surface area (Å²) in [6.07, 6.45) is -2.00. The van der Waals surface area contributed by atoms with E-state index in [2.05, 4.69) is 0 Å². The van der Waals surface area contributed by atoms with E-state index in [4.69, 9.17) is 14.6 Å². The summed E-state index contributed by atoms with van der Waals surface area (Å²) in [4.78, 5) is 10.4. The van der Waals surface area contributed by atoms with Crippen molar-refractivity contribution in [1.29, 1.82) is 0 Å². The van der Waals surface area contributed by atoms with Gasteiger partial charge in [0.05, 0.1) is 12.7 Å². The molecule has 1 aliphatic rings. The zero-order chi connectivity index (χ0) is 18.3. The summed E-state index contributed by atoms with van der Waals surface area (Å²) in [5, 5.41) is 8.51. The first-order chi connectivity index (χ1) is 11.9. The molecule has 3 atom stereocenters. The summed E-state index contributed by atoms with van der Waals surface area (Å²) in [5.74, 6) is -1.17. The summed E-state index contributed by atoms with van der Waals surface area (Å²) >= 11 is 0. The Kier molecular flexibility index (Phi) is 7.01. The van der Waals surface area contributed by atoms with Crippen LogP contribution < -0.4 is 0 Å². The largest absolute Gasteiger partial charge is 0.478 e. The number of allylic oxidation sites excluding steroid dienone is 1. The van der Waals surface area contributed by atoms with Crippen molar-refractivity contribution in [3.05, 3.63) is 48.0 Å². The number of carbonyl (C=O) groups is 1. The van der Waals surface area contributed by atoms with Crippen molar-refractivity contribution >= 4 is 5.97 Å². The molecule has 3 unspecified atom stereocenters. The molecule has 7 heteroatoms. The topological polar surface area (TPSA) is 55.8 Å². The minimum absolute atomic E-state index is 0.0191. The van der Waals surface area contributed by atoms with Gasteiger partial charge in [-0.1, -0.05) is 42.8 Å². The number of benzene rings is 1. The molecule has 0 spiro atoms. The Balaban J connectivity index is 1.94. The predicted molar refractivity (Wildman–Crippen MR) is 84.8 cm³/mol. The van der Waals surface area contributed by atoms with E-state index in [0.29, 0.717) is 18.4 Å². The van der Waals surface area contributed by atoms with Crippen LogP contribution in [0.3, 0.4) is 0 Å². The Morgan fingerprint density at radius 2 is 1.96 bits per heavy atom. The van der Waals surface area contributed by atoms with Gasteiger partial charge < -0.3 is 14.6 Å². The smallest absolute Gasteiger partial charge is 0.440 e. The van der Waals surface area contributed by atoms with Crippen molar-refractivity contribution in [2.24, 2.45) is 5.92 Å². The summed E-state index contributed by atoms with van der Waals surface area (Å²) in [5.41, 5.74) is 0.704. The Morgan fingerprint density at radius 1 is 1.24 bits per heavy atom. The molecule has 0 amide bonds. The zero-order valence-electron chi connectivity index (χ0n) is 13.6. The minimum Gasteiger partial charge on any atom is -0.478 e. The number of hydrogen-bond donors (Lipinski definition) is 1. The van der Waals surface area contributed by atoms with Gasteiger partial charge in [0.15, 0.2) is 0 Å². The molecule has 1 N–H and O–H groups in total. The maximum absolute atomic E-state index is 12.9. The fourth-order valence-electron chi connectivity index (χ4n) is 2.83. The molecule has 1 heterocycles. The third kappa shape index (κ3) is 6.17. The number of carboxylic acids is 1. The molecule has 0 radical (unpaired) electrons. The number of alkyl halides is 3. The third-order valence-electron chi connectivity index (χ3n) is 4.01. The Morgan fingerprint density at radius 3 is 2.60 bits per heavy atom. The SMILES string of the molecule is O=C(O)C=CCCCCC1COC(C(F)(F)F)OC1c1ccccc1. The van der Waals surface area contributed by atoms with E-state index in [1.165, 1.54) is 0 Å². The molecule has 0 aromatic heterocycles. The molecule has 2 rings (SSSR count). The lowest BCUT2D eigenvalue weighted by molar-refractivity contribution is -0.354. The van der Waals surface area contributed by atoms with Gasteiger partial charge in [0, 0.05) is 12.0 Å². The molecule has 1 fully saturated rings. The molecule has 138 valence electrons. The number of halogens is 3. The van der Waals surface area contributed by atoms with Crippen LogP contribution >= 0.6 is 0 Å². The predicted octanol–water partition coefficient (Wildman–Crippen LogP) is 4.48. The summed E-state index contributed by atoms with van der Waals surface area (Å²) in [6, 6.07) is 8.85. The van der Waals surface area contributed by atoms with Crippen LogP contribution in [0.25, 0.3) is 0 Å². The first-order valence-electron chi connectivity index (χ1n) is 8.16. The number of unbranched alkanes of at least 4 members (excludes halogenated alkanes) is 2. The summed E-state index contributed by atoms with van der Waals surface area (Å²) < 4.78 is 48.8. The van der Waals surface area contributed by atoms with E-state index in [0.717, 1.165) is 18.9 Å². The maximum atomic E-state index is 12.9. The number of ether oxygens (including phenoxy) is 2. The lowest BCUT2D eigenvalue weighted by Gasteiger charge is -2.37. The third-order valence-corrected chi connectivity index (χ3v) is 4.01. The molecule has 1 aromatic rings. The van der Waals surface area contributed by atoms with Crippen molar-refractivity contribution in [3.8, 4) is 0 Å². The van der Waals surface area contributed by atoms with Gasteiger partial charge in [-0.3, -0.25) is 0 Å². The van der Waals surface area contributed by atoms with E-state index in [9.17, 15) is 18.0 Å². The highest BCUT2D eigenvalue weighted by atomic mass is 19.4. The molecular formula is C18H21F3O4. The van der Waals surface area contributed by atoms with Crippen molar-refractivity contribution < 1.29 is 32.5 Å². The van der Waals surface area contributed by atoms with E-state index in [-0.39, 0.29) is 12.5 Å². The molecular weight excluding hydrogens is 337 g/mol. The van der Waals surface area contributed by atoms with Crippen LogP contribution in [0.15, 0.2) is 42.5 Å². The fourth-order valence-corrected chi connectivity index (χ4v) is 2.83. The van der Waals surface area contributed by atoms with E-state index >= 15 is 0 Å². The van der Waals surface area contributed by atoms with Gasteiger partial charge in [-0.25, -0.2) is 4.79 Å². The lowest BCUT2D eigenvalue weighted by Crippen LogP contribution is -2.43. The summed E-state index contributed by atoms with van der Waals surface area (Å²) in [6.45, 7) is -0.0191. The highest BCUT2D eigenvalue weighted by Gasteiger charge is 2.47. The zero-order valence-corrected chi connectivity index (χ0v) is 13.6. The highest BCUT2D eigenvalue weighted by Crippen LogP contribution is 2.39. The molecule has 1 aromatic carbocycles. The monoisotopic (exact) mass is 358 g/mol. The van der Waals surface area contributed by atoms with Gasteiger partial charge in [-0.05, 0) is 24.8 Å². The number of carboxylic acid groups (broad SMARTS) is 1. The first kappa shape index (κ1) is 19.5. The second kappa shape index (κ2) is 9.01. The standard InChI is InChI=1S/C18H21F3O4/c19-18(20,21)17-24-12-14(10-4-1-2-7-11-15(22)23)16(25-17)13-8-5-3-6-9-13/h3,5-9,11,14,16-17H,1-2,4,10,12H2,(H,22,23). The molecule has 1 aliphatic heterocycles. The molecule has 25 heavy (non-hydrogen) atoms. The molecule has 4 nitrogen and oxygen atoms in total. The van der Waals surface area contributed by atoms with Gasteiger partial charge in [0.2, 0.25) is 0 Å². The number of aliphatic carboxylic acids is 1. The molecule has 0 aliphatic carbocycles. The molecule has 0 bridgehead atoms. The quantitative estimate of drug-likeness (QED) is 0.577. The fraction of sp³-hybridized carbons (Fsp3) is 0.500. The normalized spacial score (nSPS) is 24.5. The minimum atomic E-state index is -4.56. The van der Waals surface area contributed by atoms with Crippen LogP contribution in [0, 0.1) is 5.92 Å². The van der Waals surface area contributed by atoms with Gasteiger partial charge in [-0.2, -0.15) is 13.2 Å². The van der Waals surface area contributed by atoms with Crippen molar-refractivity contribution in [2.45, 2.75) is 44.3 Å². The Labute approximate surface area is 144 Å². The van der Waals surface area contributed by atoms with Crippen molar-refractivity contribution in [2.75, 3.05) is 6.61 Å². The van der Waals surface area contributed by atoms with Gasteiger partial charge in [0.25, 0.3) is 6.29 Å².